The van der Waals surface area contributed by atoms with E-state index < -0.39 is 0 Å². The molecule has 0 radical (unpaired) electrons. The molecule has 3 atom stereocenters. The fourth-order valence-electron chi connectivity index (χ4n) is 5.25. The number of carbonyl (C=O) groups excluding carboxylic acids is 1. The third-order valence-corrected chi connectivity index (χ3v) is 8.27. The van der Waals surface area contributed by atoms with E-state index in [1.807, 2.05) is 6.92 Å². The molecule has 3 unspecified atom stereocenters. The van der Waals surface area contributed by atoms with Crippen LogP contribution in [0.3, 0.4) is 0 Å². The molecule has 1 aromatic heterocycles. The van der Waals surface area contributed by atoms with Gasteiger partial charge < -0.3 is 15.1 Å². The quantitative estimate of drug-likeness (QED) is 0.749. The number of fused-ring (bicyclic) bond motifs is 1. The highest BCUT2D eigenvalue weighted by molar-refractivity contribution is 8.01. The normalized spacial score (nSPS) is 33.6. The average Bonchev–Trinajstić information content (AvgIpc) is 2.95. The summed E-state index contributed by atoms with van der Waals surface area (Å²) in [7, 11) is 0. The SMILES string of the molecule is Cc1nnc(SCC(=O)NC2C3CN4CCN(C3)CC2(c2ccccc2)C4)s1. The Hall–Kier alpha value is -1.48. The van der Waals surface area contributed by atoms with E-state index in [1.54, 1.807) is 11.3 Å². The molecule has 4 bridgehead atoms. The number of nitrogens with one attached hydrogen (secondary N) is 1. The number of piperidine rings is 2. The van der Waals surface area contributed by atoms with Crippen molar-refractivity contribution in [1.29, 1.82) is 0 Å². The molecule has 0 aliphatic carbocycles. The number of hydrogen-bond donors (Lipinski definition) is 1. The maximum absolute atomic E-state index is 12.9. The fraction of sp³-hybridized carbons (Fsp3) is 0.550. The van der Waals surface area contributed by atoms with E-state index in [9.17, 15) is 4.79 Å². The van der Waals surface area contributed by atoms with Crippen LogP contribution in [0.25, 0.3) is 0 Å². The van der Waals surface area contributed by atoms with Crippen molar-refractivity contribution in [3.63, 3.8) is 0 Å². The zero-order valence-corrected chi connectivity index (χ0v) is 17.6. The van der Waals surface area contributed by atoms with Gasteiger partial charge in [0.15, 0.2) is 4.34 Å². The maximum atomic E-state index is 12.9. The van der Waals surface area contributed by atoms with Crippen LogP contribution in [0.5, 0.6) is 0 Å². The Morgan fingerprint density at radius 3 is 2.57 bits per heavy atom. The maximum Gasteiger partial charge on any atom is 0.230 e. The molecule has 2 aromatic rings. The van der Waals surface area contributed by atoms with E-state index >= 15 is 0 Å². The molecule has 8 heteroatoms. The minimum Gasteiger partial charge on any atom is -0.351 e. The van der Waals surface area contributed by atoms with Crippen molar-refractivity contribution in [2.75, 3.05) is 45.0 Å². The summed E-state index contributed by atoms with van der Waals surface area (Å²) in [4.78, 5) is 18.1. The molecule has 5 heterocycles. The van der Waals surface area contributed by atoms with Crippen LogP contribution in [0, 0.1) is 12.8 Å². The van der Waals surface area contributed by atoms with E-state index in [2.05, 4.69) is 55.6 Å². The van der Waals surface area contributed by atoms with Crippen LogP contribution in [0.15, 0.2) is 34.7 Å². The van der Waals surface area contributed by atoms with E-state index in [-0.39, 0.29) is 17.4 Å². The van der Waals surface area contributed by atoms with E-state index in [1.165, 1.54) is 17.3 Å². The Morgan fingerprint density at radius 1 is 1.21 bits per heavy atom. The summed E-state index contributed by atoms with van der Waals surface area (Å²) < 4.78 is 0.865. The van der Waals surface area contributed by atoms with Crippen molar-refractivity contribution in [2.24, 2.45) is 5.92 Å². The standard InChI is InChI=1S/C20H25N5OS2/c1-14-22-23-19(28-14)27-11-17(26)21-18-15-9-24-7-8-25(10-15)13-20(18,12-24)16-5-3-2-4-6-16/h2-6,15,18H,7-13H2,1H3,(H,21,26). The first-order chi connectivity index (χ1) is 13.6. The monoisotopic (exact) mass is 415 g/mol. The summed E-state index contributed by atoms with van der Waals surface area (Å²) in [5.41, 5.74) is 1.33. The van der Waals surface area contributed by atoms with Crippen LogP contribution in [0.4, 0.5) is 0 Å². The molecule has 4 saturated heterocycles. The van der Waals surface area contributed by atoms with Gasteiger partial charge in [0.25, 0.3) is 0 Å². The highest BCUT2D eigenvalue weighted by Crippen LogP contribution is 2.43. The van der Waals surface area contributed by atoms with Crippen molar-refractivity contribution >= 4 is 29.0 Å². The van der Waals surface area contributed by atoms with Gasteiger partial charge in [0.1, 0.15) is 5.01 Å². The number of aromatic nitrogens is 2. The molecule has 6 nitrogen and oxygen atoms in total. The Morgan fingerprint density at radius 2 is 1.93 bits per heavy atom. The summed E-state index contributed by atoms with van der Waals surface area (Å²) in [6.07, 6.45) is 0. The number of carbonyl (C=O) groups is 1. The van der Waals surface area contributed by atoms with Crippen LogP contribution in [0.2, 0.25) is 0 Å². The fourth-order valence-corrected chi connectivity index (χ4v) is 6.87. The lowest BCUT2D eigenvalue weighted by atomic mass is 9.64. The molecule has 1 aromatic carbocycles. The van der Waals surface area contributed by atoms with E-state index in [4.69, 9.17) is 0 Å². The highest BCUT2D eigenvalue weighted by atomic mass is 32.2. The van der Waals surface area contributed by atoms with E-state index in [0.717, 1.165) is 48.6 Å². The van der Waals surface area contributed by atoms with Gasteiger partial charge in [-0.05, 0) is 12.5 Å². The molecule has 4 fully saturated rings. The van der Waals surface area contributed by atoms with Gasteiger partial charge in [-0.2, -0.15) is 0 Å². The van der Waals surface area contributed by atoms with E-state index in [0.29, 0.717) is 11.7 Å². The van der Waals surface area contributed by atoms with Gasteiger partial charge in [0, 0.05) is 56.6 Å². The average molecular weight is 416 g/mol. The van der Waals surface area contributed by atoms with Crippen LogP contribution in [0.1, 0.15) is 10.6 Å². The van der Waals surface area contributed by atoms with Crippen molar-refractivity contribution < 1.29 is 4.79 Å². The van der Waals surface area contributed by atoms with Crippen LogP contribution < -0.4 is 5.32 Å². The number of hydrogen-bond acceptors (Lipinski definition) is 7. The van der Waals surface area contributed by atoms with Crippen molar-refractivity contribution in [3.8, 4) is 0 Å². The van der Waals surface area contributed by atoms with Crippen LogP contribution in [-0.4, -0.2) is 77.0 Å². The van der Waals surface area contributed by atoms with Crippen LogP contribution >= 0.6 is 23.1 Å². The third-order valence-electron chi connectivity index (χ3n) is 6.30. The lowest BCUT2D eigenvalue weighted by molar-refractivity contribution is -0.121. The zero-order chi connectivity index (χ0) is 19.1. The van der Waals surface area contributed by atoms with Gasteiger partial charge in [-0.3, -0.25) is 4.79 Å². The Labute approximate surface area is 173 Å². The van der Waals surface area contributed by atoms with Gasteiger partial charge in [-0.25, -0.2) is 0 Å². The predicted octanol–water partition coefficient (Wildman–Crippen LogP) is 1.62. The minimum absolute atomic E-state index is 0.0292. The molecular formula is C20H25N5OS2. The lowest BCUT2D eigenvalue weighted by Gasteiger charge is -2.55. The first-order valence-electron chi connectivity index (χ1n) is 9.85. The Kier molecular flexibility index (Phi) is 4.90. The first-order valence-corrected chi connectivity index (χ1v) is 11.7. The summed E-state index contributed by atoms with van der Waals surface area (Å²) in [5.74, 6) is 0.980. The number of benzene rings is 1. The summed E-state index contributed by atoms with van der Waals surface area (Å²) in [6, 6.07) is 11.0. The predicted molar refractivity (Wildman–Crippen MR) is 112 cm³/mol. The van der Waals surface area contributed by atoms with Gasteiger partial charge >= 0.3 is 0 Å². The molecule has 1 amide bonds. The lowest BCUT2D eigenvalue weighted by Crippen LogP contribution is -2.70. The zero-order valence-electron chi connectivity index (χ0n) is 16.0. The molecule has 0 spiro atoms. The molecule has 0 saturated carbocycles. The van der Waals surface area contributed by atoms with Gasteiger partial charge in [0.2, 0.25) is 5.91 Å². The first kappa shape index (κ1) is 18.5. The van der Waals surface area contributed by atoms with Gasteiger partial charge in [-0.1, -0.05) is 53.4 Å². The molecule has 6 rings (SSSR count). The smallest absolute Gasteiger partial charge is 0.230 e. The second-order valence-electron chi connectivity index (χ2n) is 8.17. The van der Waals surface area contributed by atoms with Crippen molar-refractivity contribution in [3.05, 3.63) is 40.9 Å². The highest BCUT2D eigenvalue weighted by Gasteiger charge is 2.55. The number of rotatable bonds is 5. The second kappa shape index (κ2) is 7.40. The molecule has 28 heavy (non-hydrogen) atoms. The summed E-state index contributed by atoms with van der Waals surface area (Å²) in [5, 5.41) is 12.5. The summed E-state index contributed by atoms with van der Waals surface area (Å²) in [6.45, 7) is 8.43. The number of amides is 1. The molecular weight excluding hydrogens is 390 g/mol. The topological polar surface area (TPSA) is 61.4 Å². The molecule has 4 aliphatic heterocycles. The van der Waals surface area contributed by atoms with Gasteiger partial charge in [0.05, 0.1) is 5.75 Å². The molecule has 1 N–H and O–H groups in total. The molecule has 148 valence electrons. The van der Waals surface area contributed by atoms with Gasteiger partial charge in [-0.15, -0.1) is 10.2 Å². The Bertz CT molecular complexity index is 841. The van der Waals surface area contributed by atoms with Crippen LogP contribution in [-0.2, 0) is 10.2 Å². The minimum atomic E-state index is -0.0292. The largest absolute Gasteiger partial charge is 0.351 e. The number of aryl methyl sites for hydroxylation is 1. The Balaban J connectivity index is 1.38. The number of thioether (sulfide) groups is 1. The summed E-state index contributed by atoms with van der Waals surface area (Å²) >= 11 is 3.03. The number of nitrogens with zero attached hydrogens (tertiary/aromatic N) is 4. The second-order valence-corrected chi connectivity index (χ2v) is 10.6. The van der Waals surface area contributed by atoms with Crippen molar-refractivity contribution in [2.45, 2.75) is 22.7 Å². The third kappa shape index (κ3) is 3.36. The molecule has 4 aliphatic rings. The van der Waals surface area contributed by atoms with Crippen molar-refractivity contribution in [1.82, 2.24) is 25.3 Å².